The minimum Gasteiger partial charge on any atom is -0.399 e. The molecule has 142 valence electrons. The van der Waals surface area contributed by atoms with Gasteiger partial charge in [0.1, 0.15) is 0 Å². The Hall–Kier alpha value is -2.31. The van der Waals surface area contributed by atoms with E-state index in [-0.39, 0.29) is 17.1 Å². The van der Waals surface area contributed by atoms with Crippen LogP contribution in [0, 0.1) is 0 Å². The van der Waals surface area contributed by atoms with Gasteiger partial charge in [-0.05, 0) is 57.4 Å². The summed E-state index contributed by atoms with van der Waals surface area (Å²) in [6, 6.07) is 15.1. The third kappa shape index (κ3) is 3.87. The zero-order chi connectivity index (χ0) is 19.8. The van der Waals surface area contributed by atoms with E-state index >= 15 is 0 Å². The second kappa shape index (κ2) is 7.02. The van der Waals surface area contributed by atoms with Crippen LogP contribution in [-0.4, -0.2) is 38.3 Å². The molecule has 1 aliphatic rings. The molecule has 0 aliphatic carbocycles. The summed E-state index contributed by atoms with van der Waals surface area (Å²) in [4.78, 5) is 14.6. The highest BCUT2D eigenvalue weighted by Crippen LogP contribution is 2.36. The van der Waals surface area contributed by atoms with E-state index in [0.29, 0.717) is 5.56 Å². The molecule has 0 unspecified atom stereocenters. The van der Waals surface area contributed by atoms with Crippen molar-refractivity contribution < 1.29 is 14.1 Å². The van der Waals surface area contributed by atoms with Gasteiger partial charge in [0.2, 0.25) is 0 Å². The molecule has 2 aromatic carbocycles. The van der Waals surface area contributed by atoms with E-state index in [4.69, 9.17) is 9.31 Å². The number of hydrogen-bond donors (Lipinski definition) is 1. The number of benzene rings is 2. The summed E-state index contributed by atoms with van der Waals surface area (Å²) in [6.07, 6.45) is 0. The van der Waals surface area contributed by atoms with E-state index in [1.807, 2.05) is 83.1 Å². The van der Waals surface area contributed by atoms with E-state index in [9.17, 15) is 4.79 Å². The summed E-state index contributed by atoms with van der Waals surface area (Å²) in [6.45, 7) is 8.10. The summed E-state index contributed by atoms with van der Waals surface area (Å²) in [5.41, 5.74) is 2.46. The molecule has 1 amide bonds. The number of nitrogens with one attached hydrogen (secondary N) is 1. The molecule has 1 N–H and O–H groups in total. The van der Waals surface area contributed by atoms with Crippen molar-refractivity contribution in [3.05, 3.63) is 54.1 Å². The molecule has 6 heteroatoms. The molecule has 1 fully saturated rings. The topological polar surface area (TPSA) is 50.8 Å². The van der Waals surface area contributed by atoms with Crippen LogP contribution in [0.4, 0.5) is 11.4 Å². The van der Waals surface area contributed by atoms with Gasteiger partial charge in [-0.1, -0.05) is 24.3 Å². The van der Waals surface area contributed by atoms with Crippen molar-refractivity contribution >= 4 is 29.9 Å². The van der Waals surface area contributed by atoms with Crippen molar-refractivity contribution in [1.29, 1.82) is 0 Å². The highest BCUT2D eigenvalue weighted by atomic mass is 16.7. The van der Waals surface area contributed by atoms with E-state index in [1.165, 1.54) is 0 Å². The maximum atomic E-state index is 12.6. The Bertz CT molecular complexity index is 816. The van der Waals surface area contributed by atoms with Gasteiger partial charge in [-0.2, -0.15) is 0 Å². The smallest absolute Gasteiger partial charge is 0.399 e. The number of carbonyl (C=O) groups excluding carboxylic acids is 1. The maximum absolute atomic E-state index is 12.6. The molecular formula is C21H27BN2O3. The lowest BCUT2D eigenvalue weighted by molar-refractivity contribution is 0.00578. The van der Waals surface area contributed by atoms with Crippen LogP contribution in [0.25, 0.3) is 0 Å². The van der Waals surface area contributed by atoms with Crippen molar-refractivity contribution in [2.45, 2.75) is 38.9 Å². The first-order valence-electron chi connectivity index (χ1n) is 9.14. The molecular weight excluding hydrogens is 339 g/mol. The second-order valence-electron chi connectivity index (χ2n) is 8.08. The Labute approximate surface area is 161 Å². The minimum absolute atomic E-state index is 0.148. The third-order valence-corrected chi connectivity index (χ3v) is 5.33. The van der Waals surface area contributed by atoms with Crippen LogP contribution in [0.2, 0.25) is 0 Å². The predicted molar refractivity (Wildman–Crippen MR) is 111 cm³/mol. The molecule has 1 saturated heterocycles. The van der Waals surface area contributed by atoms with Gasteiger partial charge >= 0.3 is 7.12 Å². The fourth-order valence-corrected chi connectivity index (χ4v) is 2.93. The Balaban J connectivity index is 1.74. The monoisotopic (exact) mass is 366 g/mol. The number of amides is 1. The van der Waals surface area contributed by atoms with Crippen molar-refractivity contribution in [2.24, 2.45) is 0 Å². The van der Waals surface area contributed by atoms with Crippen LogP contribution in [0.1, 0.15) is 38.1 Å². The van der Waals surface area contributed by atoms with Crippen molar-refractivity contribution in [1.82, 2.24) is 0 Å². The fraction of sp³-hybridized carbons (Fsp3) is 0.381. The molecule has 0 atom stereocenters. The average Bonchev–Trinajstić information content (AvgIpc) is 2.83. The summed E-state index contributed by atoms with van der Waals surface area (Å²) in [5.74, 6) is -0.148. The molecule has 5 nitrogen and oxygen atoms in total. The summed E-state index contributed by atoms with van der Waals surface area (Å²) >= 11 is 0. The third-order valence-electron chi connectivity index (χ3n) is 5.33. The van der Waals surface area contributed by atoms with Crippen molar-refractivity contribution in [3.8, 4) is 0 Å². The van der Waals surface area contributed by atoms with Gasteiger partial charge in [0, 0.05) is 19.7 Å². The zero-order valence-electron chi connectivity index (χ0n) is 16.9. The van der Waals surface area contributed by atoms with Gasteiger partial charge in [0.05, 0.1) is 22.6 Å². The molecule has 2 aromatic rings. The Morgan fingerprint density at radius 3 is 2.04 bits per heavy atom. The first-order chi connectivity index (χ1) is 12.6. The minimum atomic E-state index is -0.429. The lowest BCUT2D eigenvalue weighted by Crippen LogP contribution is -2.41. The van der Waals surface area contributed by atoms with E-state index < -0.39 is 7.12 Å². The normalized spacial score (nSPS) is 17.6. The first-order valence-corrected chi connectivity index (χ1v) is 9.14. The van der Waals surface area contributed by atoms with E-state index in [2.05, 4.69) is 5.32 Å². The Morgan fingerprint density at radius 2 is 1.48 bits per heavy atom. The van der Waals surface area contributed by atoms with Gasteiger partial charge in [-0.15, -0.1) is 0 Å². The fourth-order valence-electron chi connectivity index (χ4n) is 2.93. The molecule has 0 radical (unpaired) electrons. The SMILES string of the molecule is CN(C)c1ccccc1NC(=O)c1ccc(B2OC(C)(C)C(C)(C)O2)cc1. The molecule has 0 aromatic heterocycles. The van der Waals surface area contributed by atoms with Gasteiger partial charge in [-0.3, -0.25) is 4.79 Å². The van der Waals surface area contributed by atoms with Crippen LogP contribution in [0.3, 0.4) is 0 Å². The van der Waals surface area contributed by atoms with E-state index in [0.717, 1.165) is 16.8 Å². The number of carbonyl (C=O) groups is 1. The summed E-state index contributed by atoms with van der Waals surface area (Å²) in [7, 11) is 3.47. The second-order valence-corrected chi connectivity index (χ2v) is 8.08. The molecule has 27 heavy (non-hydrogen) atoms. The van der Waals surface area contributed by atoms with Gasteiger partial charge in [0.25, 0.3) is 5.91 Å². The van der Waals surface area contributed by atoms with Crippen molar-refractivity contribution in [2.75, 3.05) is 24.3 Å². The predicted octanol–water partition coefficient (Wildman–Crippen LogP) is 3.30. The number of nitrogens with zero attached hydrogens (tertiary/aromatic N) is 1. The number of para-hydroxylation sites is 2. The van der Waals surface area contributed by atoms with Crippen LogP contribution >= 0.6 is 0 Å². The van der Waals surface area contributed by atoms with Crippen LogP contribution in [0.5, 0.6) is 0 Å². The van der Waals surface area contributed by atoms with Crippen LogP contribution in [0.15, 0.2) is 48.5 Å². The zero-order valence-corrected chi connectivity index (χ0v) is 16.9. The quantitative estimate of drug-likeness (QED) is 0.844. The van der Waals surface area contributed by atoms with Crippen molar-refractivity contribution in [3.63, 3.8) is 0 Å². The highest BCUT2D eigenvalue weighted by Gasteiger charge is 2.51. The average molecular weight is 366 g/mol. The van der Waals surface area contributed by atoms with Gasteiger partial charge < -0.3 is 19.5 Å². The summed E-state index contributed by atoms with van der Waals surface area (Å²) < 4.78 is 12.1. The molecule has 3 rings (SSSR count). The first kappa shape index (κ1) is 19.5. The number of anilines is 2. The standard InChI is InChI=1S/C21H27BN2O3/c1-20(2)21(3,4)27-22(26-20)16-13-11-15(12-14-16)19(25)23-17-9-7-8-10-18(17)24(5)6/h7-14H,1-6H3,(H,23,25). The number of hydrogen-bond acceptors (Lipinski definition) is 4. The van der Waals surface area contributed by atoms with Gasteiger partial charge in [-0.25, -0.2) is 0 Å². The van der Waals surface area contributed by atoms with E-state index in [1.54, 1.807) is 12.1 Å². The van der Waals surface area contributed by atoms with Crippen LogP contribution in [-0.2, 0) is 9.31 Å². The maximum Gasteiger partial charge on any atom is 0.494 e. The van der Waals surface area contributed by atoms with Crippen LogP contribution < -0.4 is 15.7 Å². The molecule has 0 saturated carbocycles. The Morgan fingerprint density at radius 1 is 0.926 bits per heavy atom. The highest BCUT2D eigenvalue weighted by molar-refractivity contribution is 6.62. The number of rotatable bonds is 4. The molecule has 0 spiro atoms. The van der Waals surface area contributed by atoms with Gasteiger partial charge in [0.15, 0.2) is 0 Å². The molecule has 0 bridgehead atoms. The molecule has 1 aliphatic heterocycles. The lowest BCUT2D eigenvalue weighted by atomic mass is 9.79. The summed E-state index contributed by atoms with van der Waals surface area (Å²) in [5, 5.41) is 2.98. The lowest BCUT2D eigenvalue weighted by Gasteiger charge is -2.32. The molecule has 1 heterocycles. The Kier molecular flexibility index (Phi) is 5.06. The largest absolute Gasteiger partial charge is 0.494 e.